The molecule has 2 rings (SSSR count). The third-order valence-electron chi connectivity index (χ3n) is 4.71. The molecule has 1 unspecified atom stereocenters. The quantitative estimate of drug-likeness (QED) is 0.188. The Balaban J connectivity index is 0.00000364. The molecule has 0 aromatic rings. The Hall–Kier alpha value is -1.10. The molecule has 8 nitrogen and oxygen atoms in total. The SMILES string of the molecule is CCNC(=NCCCCC(=O)OC)N1CCN(C(=O)C2CCCO2)CC1.I. The van der Waals surface area contributed by atoms with E-state index < -0.39 is 0 Å². The van der Waals surface area contributed by atoms with E-state index in [9.17, 15) is 9.59 Å². The molecule has 2 saturated heterocycles. The molecule has 0 saturated carbocycles. The highest BCUT2D eigenvalue weighted by molar-refractivity contribution is 14.0. The highest BCUT2D eigenvalue weighted by Gasteiger charge is 2.30. The van der Waals surface area contributed by atoms with Crippen LogP contribution >= 0.6 is 24.0 Å². The zero-order valence-electron chi connectivity index (χ0n) is 16.4. The molecule has 1 atom stereocenters. The molecular weight excluding hydrogens is 463 g/mol. The first-order valence-electron chi connectivity index (χ1n) is 9.66. The van der Waals surface area contributed by atoms with Crippen molar-refractivity contribution in [3.05, 3.63) is 0 Å². The zero-order chi connectivity index (χ0) is 18.8. The van der Waals surface area contributed by atoms with Gasteiger partial charge in [-0.15, -0.1) is 24.0 Å². The van der Waals surface area contributed by atoms with Crippen molar-refractivity contribution in [2.75, 3.05) is 53.0 Å². The van der Waals surface area contributed by atoms with Crippen LogP contribution in [0.3, 0.4) is 0 Å². The van der Waals surface area contributed by atoms with Gasteiger partial charge >= 0.3 is 5.97 Å². The van der Waals surface area contributed by atoms with E-state index in [-0.39, 0.29) is 42.0 Å². The molecule has 0 aromatic heterocycles. The van der Waals surface area contributed by atoms with Gasteiger partial charge in [-0.25, -0.2) is 0 Å². The predicted molar refractivity (Wildman–Crippen MR) is 114 cm³/mol. The van der Waals surface area contributed by atoms with Crippen molar-refractivity contribution < 1.29 is 19.1 Å². The van der Waals surface area contributed by atoms with Crippen molar-refractivity contribution in [2.45, 2.75) is 45.1 Å². The van der Waals surface area contributed by atoms with E-state index in [4.69, 9.17) is 4.74 Å². The Kier molecular flexibility index (Phi) is 11.7. The summed E-state index contributed by atoms with van der Waals surface area (Å²) in [7, 11) is 1.41. The Bertz CT molecular complexity index is 490. The summed E-state index contributed by atoms with van der Waals surface area (Å²) in [5.74, 6) is 0.842. The van der Waals surface area contributed by atoms with Gasteiger partial charge in [0.1, 0.15) is 6.10 Å². The Morgan fingerprint density at radius 2 is 1.89 bits per heavy atom. The summed E-state index contributed by atoms with van der Waals surface area (Å²) in [5.41, 5.74) is 0. The van der Waals surface area contributed by atoms with Crippen molar-refractivity contribution in [3.8, 4) is 0 Å². The number of unbranched alkanes of at least 4 members (excludes halogenated alkanes) is 1. The molecule has 1 N–H and O–H groups in total. The van der Waals surface area contributed by atoms with Gasteiger partial charge in [-0.2, -0.15) is 0 Å². The largest absolute Gasteiger partial charge is 0.469 e. The number of hydrogen-bond acceptors (Lipinski definition) is 5. The van der Waals surface area contributed by atoms with Crippen LogP contribution in [0.4, 0.5) is 0 Å². The van der Waals surface area contributed by atoms with Gasteiger partial charge in [0, 0.05) is 52.3 Å². The van der Waals surface area contributed by atoms with Gasteiger partial charge in [0.25, 0.3) is 5.91 Å². The van der Waals surface area contributed by atoms with Gasteiger partial charge in [0.15, 0.2) is 5.96 Å². The van der Waals surface area contributed by atoms with E-state index >= 15 is 0 Å². The number of piperazine rings is 1. The summed E-state index contributed by atoms with van der Waals surface area (Å²) in [6.45, 7) is 7.16. The molecule has 2 heterocycles. The molecule has 2 fully saturated rings. The number of guanidine groups is 1. The highest BCUT2D eigenvalue weighted by Crippen LogP contribution is 2.16. The van der Waals surface area contributed by atoms with E-state index in [0.717, 1.165) is 51.3 Å². The Labute approximate surface area is 179 Å². The van der Waals surface area contributed by atoms with Crippen molar-refractivity contribution in [1.82, 2.24) is 15.1 Å². The fourth-order valence-electron chi connectivity index (χ4n) is 3.21. The lowest BCUT2D eigenvalue weighted by Crippen LogP contribution is -2.55. The molecule has 0 bridgehead atoms. The summed E-state index contributed by atoms with van der Waals surface area (Å²) in [5, 5.41) is 3.32. The number of nitrogens with zero attached hydrogens (tertiary/aromatic N) is 3. The molecule has 0 aromatic carbocycles. The van der Waals surface area contributed by atoms with Gasteiger partial charge in [-0.05, 0) is 32.6 Å². The van der Waals surface area contributed by atoms with Crippen LogP contribution in [0.15, 0.2) is 4.99 Å². The van der Waals surface area contributed by atoms with Crippen LogP contribution < -0.4 is 5.32 Å². The first kappa shape index (κ1) is 23.9. The van der Waals surface area contributed by atoms with Gasteiger partial charge in [-0.3, -0.25) is 14.6 Å². The van der Waals surface area contributed by atoms with E-state index in [1.807, 2.05) is 11.8 Å². The number of rotatable bonds is 7. The Morgan fingerprint density at radius 3 is 2.48 bits per heavy atom. The maximum absolute atomic E-state index is 12.4. The molecule has 0 radical (unpaired) electrons. The molecule has 27 heavy (non-hydrogen) atoms. The van der Waals surface area contributed by atoms with Crippen LogP contribution in [0.1, 0.15) is 39.0 Å². The van der Waals surface area contributed by atoms with Gasteiger partial charge in [-0.1, -0.05) is 0 Å². The minimum atomic E-state index is -0.238. The second-order valence-corrected chi connectivity index (χ2v) is 6.58. The number of halogens is 1. The second kappa shape index (κ2) is 13.1. The number of nitrogens with one attached hydrogen (secondary N) is 1. The van der Waals surface area contributed by atoms with Gasteiger partial charge < -0.3 is 24.6 Å². The molecule has 1 amide bonds. The van der Waals surface area contributed by atoms with Crippen molar-refractivity contribution in [3.63, 3.8) is 0 Å². The normalized spacial score (nSPS) is 20.2. The van der Waals surface area contributed by atoms with Crippen LogP contribution in [0.5, 0.6) is 0 Å². The number of esters is 1. The zero-order valence-corrected chi connectivity index (χ0v) is 18.8. The lowest BCUT2D eigenvalue weighted by atomic mass is 10.2. The van der Waals surface area contributed by atoms with Crippen LogP contribution in [0.25, 0.3) is 0 Å². The molecule has 9 heteroatoms. The van der Waals surface area contributed by atoms with Crippen molar-refractivity contribution >= 4 is 41.8 Å². The topological polar surface area (TPSA) is 83.5 Å². The van der Waals surface area contributed by atoms with E-state index in [0.29, 0.717) is 32.7 Å². The molecule has 156 valence electrons. The third kappa shape index (κ3) is 7.81. The Morgan fingerprint density at radius 1 is 1.19 bits per heavy atom. The summed E-state index contributed by atoms with van der Waals surface area (Å²) in [6, 6.07) is 0. The lowest BCUT2D eigenvalue weighted by molar-refractivity contribution is -0.142. The standard InChI is InChI=1S/C18H32N4O4.HI/c1-3-19-18(20-9-5-4-8-16(23)25-2)22-12-10-21(11-13-22)17(24)15-7-6-14-26-15;/h15H,3-14H2,1-2H3,(H,19,20);1H. The summed E-state index contributed by atoms with van der Waals surface area (Å²) in [4.78, 5) is 32.3. The smallest absolute Gasteiger partial charge is 0.305 e. The van der Waals surface area contributed by atoms with Crippen molar-refractivity contribution in [1.29, 1.82) is 0 Å². The molecule has 0 aliphatic carbocycles. The number of carbonyl (C=O) groups is 2. The van der Waals surface area contributed by atoms with Gasteiger partial charge in [0.05, 0.1) is 7.11 Å². The van der Waals surface area contributed by atoms with Crippen LogP contribution in [0, 0.1) is 0 Å². The van der Waals surface area contributed by atoms with E-state index in [1.54, 1.807) is 0 Å². The monoisotopic (exact) mass is 496 g/mol. The summed E-state index contributed by atoms with van der Waals surface area (Å²) in [6.07, 6.45) is 3.64. The maximum Gasteiger partial charge on any atom is 0.305 e. The van der Waals surface area contributed by atoms with Crippen LogP contribution in [0.2, 0.25) is 0 Å². The fraction of sp³-hybridized carbons (Fsp3) is 0.833. The highest BCUT2D eigenvalue weighted by atomic mass is 127. The molecule has 2 aliphatic rings. The number of hydrogen-bond donors (Lipinski definition) is 1. The number of aliphatic imine (C=N–C) groups is 1. The number of methoxy groups -OCH3 is 1. The predicted octanol–water partition coefficient (Wildman–Crippen LogP) is 1.24. The first-order valence-corrected chi connectivity index (χ1v) is 9.66. The molecule has 0 spiro atoms. The maximum atomic E-state index is 12.4. The molecule has 2 aliphatic heterocycles. The first-order chi connectivity index (χ1) is 12.7. The number of carbonyl (C=O) groups excluding carboxylic acids is 2. The second-order valence-electron chi connectivity index (χ2n) is 6.58. The van der Waals surface area contributed by atoms with E-state index in [1.165, 1.54) is 7.11 Å². The fourth-order valence-corrected chi connectivity index (χ4v) is 3.21. The van der Waals surface area contributed by atoms with Crippen LogP contribution in [-0.4, -0.2) is 86.7 Å². The number of ether oxygens (including phenoxy) is 2. The number of amides is 1. The van der Waals surface area contributed by atoms with E-state index in [2.05, 4.69) is 19.9 Å². The van der Waals surface area contributed by atoms with Crippen LogP contribution in [-0.2, 0) is 19.1 Å². The summed E-state index contributed by atoms with van der Waals surface area (Å²) >= 11 is 0. The summed E-state index contributed by atoms with van der Waals surface area (Å²) < 4.78 is 10.1. The van der Waals surface area contributed by atoms with Crippen molar-refractivity contribution in [2.24, 2.45) is 4.99 Å². The molecular formula is C18H33IN4O4. The average molecular weight is 496 g/mol. The van der Waals surface area contributed by atoms with Gasteiger partial charge in [0.2, 0.25) is 0 Å². The minimum Gasteiger partial charge on any atom is -0.469 e. The average Bonchev–Trinajstić information content (AvgIpc) is 3.21. The third-order valence-corrected chi connectivity index (χ3v) is 4.71. The lowest BCUT2D eigenvalue weighted by Gasteiger charge is -2.37. The minimum absolute atomic E-state index is 0.